The number of non-ortho nitro benzene ring substituents is 1. The number of carbonyl (C=O) groups is 1. The first-order valence-electron chi connectivity index (χ1n) is 7.22. The lowest BCUT2D eigenvalue weighted by molar-refractivity contribution is -0.385. The highest BCUT2D eigenvalue weighted by atomic mass is 16.6. The monoisotopic (exact) mass is 326 g/mol. The standard InChI is InChI=1S/C17H14N2O5/c20-17(24-11-12-4-2-1-3-5-12)18-15-8-9-23-16-7-6-13(19(21)22)10-14(15)16/h1-10,15H,11H2,(H,18,20)/t15-/m1/s1. The minimum Gasteiger partial charge on any atom is -0.465 e. The largest absolute Gasteiger partial charge is 0.465 e. The number of nitrogens with zero attached hydrogens (tertiary/aromatic N) is 1. The molecule has 0 fully saturated rings. The maximum atomic E-state index is 12.0. The zero-order valence-corrected chi connectivity index (χ0v) is 12.5. The number of nitro benzene ring substituents is 1. The van der Waals surface area contributed by atoms with Crippen molar-refractivity contribution in [2.75, 3.05) is 0 Å². The Bertz CT molecular complexity index is 789. The van der Waals surface area contributed by atoms with Gasteiger partial charge in [0, 0.05) is 17.7 Å². The van der Waals surface area contributed by atoms with E-state index >= 15 is 0 Å². The second kappa shape index (κ2) is 6.82. The summed E-state index contributed by atoms with van der Waals surface area (Å²) in [6.45, 7) is 0.140. The maximum Gasteiger partial charge on any atom is 0.408 e. The first-order valence-corrected chi connectivity index (χ1v) is 7.22. The molecule has 1 aliphatic rings. The van der Waals surface area contributed by atoms with Gasteiger partial charge in [-0.3, -0.25) is 10.1 Å². The van der Waals surface area contributed by atoms with E-state index in [-0.39, 0.29) is 12.3 Å². The van der Waals surface area contributed by atoms with Crippen LogP contribution in [0.5, 0.6) is 5.75 Å². The average molecular weight is 326 g/mol. The van der Waals surface area contributed by atoms with Gasteiger partial charge in [0.15, 0.2) is 0 Å². The number of hydrogen-bond acceptors (Lipinski definition) is 5. The number of rotatable bonds is 4. The molecule has 1 atom stereocenters. The van der Waals surface area contributed by atoms with E-state index in [4.69, 9.17) is 9.47 Å². The molecular formula is C17H14N2O5. The van der Waals surface area contributed by atoms with Gasteiger partial charge in [-0.25, -0.2) is 4.79 Å². The summed E-state index contributed by atoms with van der Waals surface area (Å²) in [4.78, 5) is 22.4. The van der Waals surface area contributed by atoms with E-state index in [0.29, 0.717) is 11.3 Å². The van der Waals surface area contributed by atoms with E-state index in [2.05, 4.69) is 5.32 Å². The van der Waals surface area contributed by atoms with Crippen LogP contribution in [-0.2, 0) is 11.3 Å². The van der Waals surface area contributed by atoms with E-state index < -0.39 is 17.1 Å². The van der Waals surface area contributed by atoms with Gasteiger partial charge in [-0.1, -0.05) is 30.3 Å². The van der Waals surface area contributed by atoms with Gasteiger partial charge in [0.2, 0.25) is 0 Å². The third-order valence-electron chi connectivity index (χ3n) is 3.49. The molecule has 3 rings (SSSR count). The number of hydrogen-bond donors (Lipinski definition) is 1. The van der Waals surface area contributed by atoms with Crippen LogP contribution in [0, 0.1) is 10.1 Å². The minimum absolute atomic E-state index is 0.0721. The lowest BCUT2D eigenvalue weighted by Gasteiger charge is -2.21. The summed E-state index contributed by atoms with van der Waals surface area (Å²) in [6, 6.07) is 12.9. The summed E-state index contributed by atoms with van der Waals surface area (Å²) < 4.78 is 10.5. The van der Waals surface area contributed by atoms with E-state index in [9.17, 15) is 14.9 Å². The Balaban J connectivity index is 1.68. The fraction of sp³-hybridized carbons (Fsp3) is 0.118. The Kier molecular flexibility index (Phi) is 4.42. The molecule has 1 heterocycles. The molecule has 0 aliphatic carbocycles. The molecule has 0 bridgehead atoms. The van der Waals surface area contributed by atoms with Crippen LogP contribution in [-0.4, -0.2) is 11.0 Å². The summed E-state index contributed by atoms with van der Waals surface area (Å²) in [5.41, 5.74) is 1.30. The van der Waals surface area contributed by atoms with Gasteiger partial charge in [-0.05, 0) is 17.7 Å². The predicted octanol–water partition coefficient (Wildman–Crippen LogP) is 3.47. The molecule has 0 radical (unpaired) electrons. The summed E-state index contributed by atoms with van der Waals surface area (Å²) in [6.07, 6.45) is 2.40. The molecule has 2 aromatic carbocycles. The number of nitrogens with one attached hydrogen (secondary N) is 1. The van der Waals surface area contributed by atoms with Crippen LogP contribution < -0.4 is 10.1 Å². The number of benzene rings is 2. The van der Waals surface area contributed by atoms with Gasteiger partial charge in [0.25, 0.3) is 5.69 Å². The second-order valence-electron chi connectivity index (χ2n) is 5.11. The third kappa shape index (κ3) is 3.52. The fourth-order valence-corrected chi connectivity index (χ4v) is 2.31. The van der Waals surface area contributed by atoms with Crippen molar-refractivity contribution in [1.29, 1.82) is 0 Å². The molecule has 2 aromatic rings. The quantitative estimate of drug-likeness (QED) is 0.686. The van der Waals surface area contributed by atoms with Crippen molar-refractivity contribution in [1.82, 2.24) is 5.32 Å². The molecule has 1 N–H and O–H groups in total. The Labute approximate surface area is 137 Å². The normalized spacial score (nSPS) is 15.1. The molecule has 1 amide bonds. The van der Waals surface area contributed by atoms with Gasteiger partial charge in [0.1, 0.15) is 12.4 Å². The van der Waals surface area contributed by atoms with Gasteiger partial charge in [-0.2, -0.15) is 0 Å². The number of fused-ring (bicyclic) bond motifs is 1. The molecule has 122 valence electrons. The Morgan fingerprint density at radius 3 is 2.79 bits per heavy atom. The Morgan fingerprint density at radius 1 is 1.25 bits per heavy atom. The summed E-state index contributed by atoms with van der Waals surface area (Å²) in [5, 5.41) is 13.6. The van der Waals surface area contributed by atoms with Gasteiger partial charge in [0.05, 0.1) is 17.2 Å². The van der Waals surface area contributed by atoms with E-state index in [1.807, 2.05) is 30.3 Å². The topological polar surface area (TPSA) is 90.7 Å². The summed E-state index contributed by atoms with van der Waals surface area (Å²) in [5.74, 6) is 0.455. The molecule has 7 nitrogen and oxygen atoms in total. The second-order valence-corrected chi connectivity index (χ2v) is 5.11. The molecule has 0 aromatic heterocycles. The fourth-order valence-electron chi connectivity index (χ4n) is 2.31. The molecule has 0 unspecified atom stereocenters. The molecule has 0 spiro atoms. The Morgan fingerprint density at radius 2 is 2.04 bits per heavy atom. The molecule has 0 saturated heterocycles. The predicted molar refractivity (Wildman–Crippen MR) is 85.4 cm³/mol. The number of nitro groups is 1. The van der Waals surface area contributed by atoms with Crippen molar-refractivity contribution in [2.45, 2.75) is 12.6 Å². The number of ether oxygens (including phenoxy) is 2. The van der Waals surface area contributed by atoms with Gasteiger partial charge in [-0.15, -0.1) is 0 Å². The minimum atomic E-state index is -0.618. The van der Waals surface area contributed by atoms with Crippen LogP contribution in [0.25, 0.3) is 0 Å². The highest BCUT2D eigenvalue weighted by molar-refractivity contribution is 5.69. The summed E-state index contributed by atoms with van der Waals surface area (Å²) in [7, 11) is 0. The van der Waals surface area contributed by atoms with Crippen molar-refractivity contribution in [3.8, 4) is 5.75 Å². The zero-order chi connectivity index (χ0) is 16.9. The first-order chi connectivity index (χ1) is 11.6. The molecule has 7 heteroatoms. The van der Waals surface area contributed by atoms with Crippen LogP contribution in [0.15, 0.2) is 60.9 Å². The zero-order valence-electron chi connectivity index (χ0n) is 12.5. The van der Waals surface area contributed by atoms with Crippen molar-refractivity contribution in [3.63, 3.8) is 0 Å². The number of carbonyl (C=O) groups excluding carboxylic acids is 1. The molecule has 24 heavy (non-hydrogen) atoms. The van der Waals surface area contributed by atoms with Gasteiger partial charge >= 0.3 is 6.09 Å². The van der Waals surface area contributed by atoms with E-state index in [1.165, 1.54) is 24.5 Å². The molecule has 1 aliphatic heterocycles. The Hall–Kier alpha value is -3.35. The smallest absolute Gasteiger partial charge is 0.408 e. The van der Waals surface area contributed by atoms with Crippen LogP contribution in [0.2, 0.25) is 0 Å². The van der Waals surface area contributed by atoms with Crippen LogP contribution in [0.3, 0.4) is 0 Å². The lowest BCUT2D eigenvalue weighted by atomic mass is 10.0. The van der Waals surface area contributed by atoms with Crippen molar-refractivity contribution in [3.05, 3.63) is 82.1 Å². The average Bonchev–Trinajstić information content (AvgIpc) is 2.61. The van der Waals surface area contributed by atoms with Crippen LogP contribution in [0.1, 0.15) is 17.2 Å². The van der Waals surface area contributed by atoms with Crippen molar-refractivity contribution >= 4 is 11.8 Å². The summed E-state index contributed by atoms with van der Waals surface area (Å²) >= 11 is 0. The van der Waals surface area contributed by atoms with Crippen molar-refractivity contribution in [2.24, 2.45) is 0 Å². The first kappa shape index (κ1) is 15.5. The van der Waals surface area contributed by atoms with Crippen molar-refractivity contribution < 1.29 is 19.2 Å². The van der Waals surface area contributed by atoms with Crippen LogP contribution in [0.4, 0.5) is 10.5 Å². The van der Waals surface area contributed by atoms with Crippen LogP contribution >= 0.6 is 0 Å². The number of alkyl carbamates (subject to hydrolysis) is 1. The molecular weight excluding hydrogens is 312 g/mol. The van der Waals surface area contributed by atoms with Gasteiger partial charge < -0.3 is 14.8 Å². The highest BCUT2D eigenvalue weighted by Crippen LogP contribution is 2.33. The van der Waals surface area contributed by atoms with E-state index in [0.717, 1.165) is 5.56 Å². The highest BCUT2D eigenvalue weighted by Gasteiger charge is 2.23. The van der Waals surface area contributed by atoms with E-state index in [1.54, 1.807) is 6.08 Å². The maximum absolute atomic E-state index is 12.0. The lowest BCUT2D eigenvalue weighted by Crippen LogP contribution is -2.29. The number of amides is 1. The third-order valence-corrected chi connectivity index (χ3v) is 3.49. The SMILES string of the molecule is O=C(N[C@@H]1C=COc2ccc([N+](=O)[O-])cc21)OCc1ccccc1. The molecule has 0 saturated carbocycles.